The van der Waals surface area contributed by atoms with Gasteiger partial charge in [-0.05, 0) is 57.8 Å². The van der Waals surface area contributed by atoms with E-state index in [1.165, 1.54) is 0 Å². The van der Waals surface area contributed by atoms with Gasteiger partial charge in [0.05, 0.1) is 25.4 Å². The largest absolute Gasteiger partial charge is 0.394 e. The van der Waals surface area contributed by atoms with Crippen molar-refractivity contribution in [1.82, 2.24) is 5.32 Å². The molecule has 1 amide bonds. The van der Waals surface area contributed by atoms with E-state index >= 15 is 0 Å². The van der Waals surface area contributed by atoms with E-state index in [1.807, 2.05) is 18.2 Å². The van der Waals surface area contributed by atoms with Crippen molar-refractivity contribution < 1.29 is 39.8 Å². The quantitative estimate of drug-likeness (QED) is 0.0510. The molecule has 0 aromatic rings. The maximum Gasteiger partial charge on any atom is 0.220 e. The number of carbonyl (C=O) groups is 1. The van der Waals surface area contributed by atoms with Gasteiger partial charge >= 0.3 is 0 Å². The zero-order chi connectivity index (χ0) is 35.2. The lowest BCUT2D eigenvalue weighted by molar-refractivity contribution is -0.302. The van der Waals surface area contributed by atoms with Gasteiger partial charge in [0.2, 0.25) is 5.91 Å². The van der Waals surface area contributed by atoms with E-state index in [-0.39, 0.29) is 18.9 Å². The molecular weight excluding hydrogens is 610 g/mol. The van der Waals surface area contributed by atoms with E-state index in [0.717, 1.165) is 70.6 Å². The van der Waals surface area contributed by atoms with Crippen LogP contribution in [0.15, 0.2) is 85.1 Å². The minimum absolute atomic E-state index is 0.214. The molecule has 0 aliphatic carbocycles. The second-order valence-electron chi connectivity index (χ2n) is 11.9. The maximum absolute atomic E-state index is 12.7. The summed E-state index contributed by atoms with van der Waals surface area (Å²) in [6.45, 7) is 3.47. The maximum atomic E-state index is 12.7. The fourth-order valence-corrected chi connectivity index (χ4v) is 4.82. The fraction of sp³-hybridized carbons (Fsp3) is 0.615. The molecule has 1 heterocycles. The number of amides is 1. The third kappa shape index (κ3) is 20.7. The highest BCUT2D eigenvalue weighted by Gasteiger charge is 2.44. The van der Waals surface area contributed by atoms with Crippen molar-refractivity contribution in [2.24, 2.45) is 0 Å². The molecule has 9 heteroatoms. The summed E-state index contributed by atoms with van der Waals surface area (Å²) in [5.41, 5.74) is 0. The van der Waals surface area contributed by atoms with Crippen LogP contribution >= 0.6 is 0 Å². The number of hydrogen-bond acceptors (Lipinski definition) is 8. The lowest BCUT2D eigenvalue weighted by Gasteiger charge is -2.40. The molecule has 0 aromatic carbocycles. The van der Waals surface area contributed by atoms with Gasteiger partial charge in [0, 0.05) is 6.42 Å². The Hall–Kier alpha value is -2.63. The highest BCUT2D eigenvalue weighted by atomic mass is 16.7. The van der Waals surface area contributed by atoms with Crippen molar-refractivity contribution in [3.63, 3.8) is 0 Å². The van der Waals surface area contributed by atoms with E-state index in [4.69, 9.17) is 9.47 Å². The normalized spacial score (nSPS) is 23.7. The van der Waals surface area contributed by atoms with E-state index in [0.29, 0.717) is 6.42 Å². The minimum atomic E-state index is -1.58. The monoisotopic (exact) mass is 673 g/mol. The molecule has 1 saturated heterocycles. The van der Waals surface area contributed by atoms with E-state index < -0.39 is 49.5 Å². The highest BCUT2D eigenvalue weighted by Crippen LogP contribution is 2.22. The Labute approximate surface area is 289 Å². The first-order chi connectivity index (χ1) is 23.3. The fourth-order valence-electron chi connectivity index (χ4n) is 4.82. The predicted molar refractivity (Wildman–Crippen MR) is 193 cm³/mol. The third-order valence-corrected chi connectivity index (χ3v) is 7.74. The van der Waals surface area contributed by atoms with Crippen LogP contribution in [0.1, 0.15) is 97.3 Å². The van der Waals surface area contributed by atoms with Crippen LogP contribution in [0.5, 0.6) is 0 Å². The molecule has 1 aliphatic heterocycles. The summed E-state index contributed by atoms with van der Waals surface area (Å²) >= 11 is 0. The molecule has 0 spiro atoms. The molecule has 9 nitrogen and oxygen atoms in total. The number of carbonyl (C=O) groups excluding carboxylic acids is 1. The first kappa shape index (κ1) is 43.4. The Morgan fingerprint density at radius 3 is 1.83 bits per heavy atom. The summed E-state index contributed by atoms with van der Waals surface area (Å²) in [7, 11) is 0. The molecular formula is C39H63NO8. The van der Waals surface area contributed by atoms with E-state index in [9.17, 15) is 30.3 Å². The van der Waals surface area contributed by atoms with E-state index in [1.54, 1.807) is 6.08 Å². The topological polar surface area (TPSA) is 149 Å². The van der Waals surface area contributed by atoms with Crippen LogP contribution in [0.2, 0.25) is 0 Å². The van der Waals surface area contributed by atoms with E-state index in [2.05, 4.69) is 79.9 Å². The van der Waals surface area contributed by atoms with Gasteiger partial charge in [0.25, 0.3) is 0 Å². The first-order valence-electron chi connectivity index (χ1n) is 17.8. The summed E-state index contributed by atoms with van der Waals surface area (Å²) in [5.74, 6) is -0.271. The first-order valence-corrected chi connectivity index (χ1v) is 17.8. The molecule has 1 aliphatic rings. The molecule has 272 valence electrons. The van der Waals surface area contributed by atoms with Gasteiger partial charge in [0.1, 0.15) is 24.4 Å². The Bertz CT molecular complexity index is 1020. The molecule has 0 radical (unpaired) electrons. The van der Waals surface area contributed by atoms with Gasteiger partial charge < -0.3 is 40.3 Å². The highest BCUT2D eigenvalue weighted by molar-refractivity contribution is 5.76. The summed E-state index contributed by atoms with van der Waals surface area (Å²) < 4.78 is 11.0. The van der Waals surface area contributed by atoms with Gasteiger partial charge in [-0.1, -0.05) is 118 Å². The van der Waals surface area contributed by atoms with Gasteiger partial charge in [-0.3, -0.25) is 4.79 Å². The molecule has 1 rings (SSSR count). The standard InChI is InChI=1S/C39H63NO8/c1-3-5-7-9-11-12-13-14-15-16-17-18-19-20-21-22-23-25-27-29-35(43)40-32(33(42)28-26-24-10-8-6-4-2)31-47-39-38(46)37(45)36(44)34(30-41)48-39/h5,7,11-12,14-15,17-18,20-21,23,25-26,28,32-34,36-39,41-42,44-46H,3-4,6,8-10,13,16,19,22,24,27,29-31H2,1-2H3,(H,40,43)/b7-5-,12-11-,15-14-,18-17-,21-20-,25-23-,28-26+. The number of hydrogen-bond donors (Lipinski definition) is 6. The van der Waals surface area contributed by atoms with Crippen molar-refractivity contribution >= 4 is 5.91 Å². The summed E-state index contributed by atoms with van der Waals surface area (Å²) in [6.07, 6.45) is 32.4. The SMILES string of the molecule is CC/C=C\C/C=C\C/C=C\C/C=C\C/C=C\C/C=C\CCC(=O)NC(COC1OC(CO)C(O)C(O)C1O)C(O)/C=C/CCCCCC. The average molecular weight is 674 g/mol. The molecule has 6 N–H and O–H groups in total. The number of aliphatic hydroxyl groups is 5. The Balaban J connectivity index is 2.46. The number of aliphatic hydroxyl groups excluding tert-OH is 5. The van der Waals surface area contributed by atoms with Crippen molar-refractivity contribution in [1.29, 1.82) is 0 Å². The van der Waals surface area contributed by atoms with Crippen LogP contribution in [0.4, 0.5) is 0 Å². The molecule has 7 unspecified atom stereocenters. The molecule has 48 heavy (non-hydrogen) atoms. The smallest absolute Gasteiger partial charge is 0.220 e. The minimum Gasteiger partial charge on any atom is -0.394 e. The summed E-state index contributed by atoms with van der Waals surface area (Å²) in [5, 5.41) is 53.4. The van der Waals surface area contributed by atoms with Crippen LogP contribution in [0, 0.1) is 0 Å². The van der Waals surface area contributed by atoms with Gasteiger partial charge in [0.15, 0.2) is 6.29 Å². The second-order valence-corrected chi connectivity index (χ2v) is 11.9. The van der Waals surface area contributed by atoms with Crippen LogP contribution < -0.4 is 5.32 Å². The van der Waals surface area contributed by atoms with Crippen molar-refractivity contribution in [2.75, 3.05) is 13.2 Å². The number of ether oxygens (including phenoxy) is 2. The Morgan fingerprint density at radius 1 is 0.729 bits per heavy atom. The van der Waals surface area contributed by atoms with Crippen LogP contribution in [-0.4, -0.2) is 87.5 Å². The number of allylic oxidation sites excluding steroid dienone is 13. The summed E-state index contributed by atoms with van der Waals surface area (Å²) in [4.78, 5) is 12.7. The third-order valence-electron chi connectivity index (χ3n) is 7.74. The lowest BCUT2D eigenvalue weighted by Crippen LogP contribution is -2.60. The second kappa shape index (κ2) is 29.3. The molecule has 1 fully saturated rings. The Morgan fingerprint density at radius 2 is 1.29 bits per heavy atom. The molecule has 0 aromatic heterocycles. The van der Waals surface area contributed by atoms with Crippen LogP contribution in [0.3, 0.4) is 0 Å². The zero-order valence-electron chi connectivity index (χ0n) is 29.2. The van der Waals surface area contributed by atoms with Crippen molar-refractivity contribution in [2.45, 2.75) is 140 Å². The average Bonchev–Trinajstić information content (AvgIpc) is 3.08. The number of nitrogens with one attached hydrogen (secondary N) is 1. The Kier molecular flexibility index (Phi) is 26.5. The van der Waals surface area contributed by atoms with Gasteiger partial charge in [-0.25, -0.2) is 0 Å². The summed E-state index contributed by atoms with van der Waals surface area (Å²) in [6, 6.07) is -0.845. The number of unbranched alkanes of at least 4 members (excludes halogenated alkanes) is 4. The number of rotatable bonds is 26. The van der Waals surface area contributed by atoms with Gasteiger partial charge in [-0.2, -0.15) is 0 Å². The molecule has 7 atom stereocenters. The van der Waals surface area contributed by atoms with Crippen LogP contribution in [-0.2, 0) is 14.3 Å². The molecule has 0 saturated carbocycles. The van der Waals surface area contributed by atoms with Crippen molar-refractivity contribution in [3.8, 4) is 0 Å². The predicted octanol–water partition coefficient (Wildman–Crippen LogP) is 5.65. The lowest BCUT2D eigenvalue weighted by atomic mass is 9.99. The van der Waals surface area contributed by atoms with Crippen LogP contribution in [0.25, 0.3) is 0 Å². The van der Waals surface area contributed by atoms with Crippen molar-refractivity contribution in [3.05, 3.63) is 85.1 Å². The molecule has 0 bridgehead atoms. The zero-order valence-corrected chi connectivity index (χ0v) is 29.2. The van der Waals surface area contributed by atoms with Gasteiger partial charge in [-0.15, -0.1) is 0 Å².